The summed E-state index contributed by atoms with van der Waals surface area (Å²) in [6, 6.07) is 10.5. The molecule has 0 radical (unpaired) electrons. The smallest absolute Gasteiger partial charge is 0.295 e. The second kappa shape index (κ2) is 11.6. The van der Waals surface area contributed by atoms with Gasteiger partial charge in [-0.1, -0.05) is 38.0 Å². The fourth-order valence-corrected chi connectivity index (χ4v) is 4.80. The topological polar surface area (TPSA) is 93.4 Å². The number of aromatic nitrogens is 2. The fraction of sp³-hybridized carbons (Fsp3) is 0.414. The lowest BCUT2D eigenvalue weighted by Gasteiger charge is -2.25. The molecule has 4 rings (SSSR count). The van der Waals surface area contributed by atoms with E-state index in [9.17, 15) is 14.7 Å². The third-order valence-corrected chi connectivity index (χ3v) is 6.81. The first-order valence-electron chi connectivity index (χ1n) is 12.8. The minimum atomic E-state index is -0.740. The number of aryl methyl sites for hydroxylation is 2. The Morgan fingerprint density at radius 3 is 2.49 bits per heavy atom. The van der Waals surface area contributed by atoms with Crippen molar-refractivity contribution in [3.05, 3.63) is 70.7 Å². The summed E-state index contributed by atoms with van der Waals surface area (Å²) in [5, 5.41) is 11.5. The molecule has 37 heavy (non-hydrogen) atoms. The van der Waals surface area contributed by atoms with Crippen molar-refractivity contribution in [2.24, 2.45) is 0 Å². The van der Waals surface area contributed by atoms with Gasteiger partial charge in [-0.15, -0.1) is 0 Å². The molecule has 1 unspecified atom stereocenters. The van der Waals surface area contributed by atoms with Crippen LogP contribution in [0, 0.1) is 13.8 Å². The number of hydrogen-bond donors (Lipinski definition) is 1. The van der Waals surface area contributed by atoms with Crippen molar-refractivity contribution in [3.63, 3.8) is 0 Å². The quantitative estimate of drug-likeness (QED) is 0.171. The molecule has 0 bridgehead atoms. The molecule has 1 aromatic carbocycles. The van der Waals surface area contributed by atoms with Crippen molar-refractivity contribution >= 4 is 23.1 Å². The Morgan fingerprint density at radius 1 is 1.05 bits per heavy atom. The van der Waals surface area contributed by atoms with Crippen LogP contribution in [0.25, 0.3) is 11.4 Å². The van der Waals surface area contributed by atoms with Crippen LogP contribution in [0.4, 0.5) is 0 Å². The standard InChI is InChI=1S/C29H35N3O5/c1-5-6-7-18-37-22-13-11-21(12-14-22)25-23(27(34)29(35)32(25)16-9-17-36-4)26(33)24-20(3)31-15-8-10-19(2)28(31)30-24/h8,10-15,25,33H,5-7,9,16-18H2,1-4H3. The maximum atomic E-state index is 13.3. The molecule has 196 valence electrons. The van der Waals surface area contributed by atoms with E-state index in [0.717, 1.165) is 36.1 Å². The SMILES string of the molecule is CCCCCOc1ccc(C2C(=C(O)c3nc4c(C)cccn4c3C)C(=O)C(=O)N2CCCOC)cc1. The van der Waals surface area contributed by atoms with Crippen LogP contribution in [-0.2, 0) is 14.3 Å². The van der Waals surface area contributed by atoms with E-state index in [0.29, 0.717) is 43.2 Å². The molecule has 1 aliphatic rings. The van der Waals surface area contributed by atoms with Crippen LogP contribution in [0.5, 0.6) is 5.75 Å². The highest BCUT2D eigenvalue weighted by Crippen LogP contribution is 2.40. The van der Waals surface area contributed by atoms with E-state index in [1.165, 1.54) is 4.90 Å². The van der Waals surface area contributed by atoms with Crippen LogP contribution < -0.4 is 4.74 Å². The number of ether oxygens (including phenoxy) is 2. The normalized spacial score (nSPS) is 17.2. The zero-order chi connectivity index (χ0) is 26.5. The van der Waals surface area contributed by atoms with Gasteiger partial charge in [0.1, 0.15) is 17.1 Å². The zero-order valence-electron chi connectivity index (χ0n) is 22.0. The Balaban J connectivity index is 1.76. The number of unbranched alkanes of at least 4 members (excludes halogenated alkanes) is 2. The Hall–Kier alpha value is -3.65. The highest BCUT2D eigenvalue weighted by molar-refractivity contribution is 6.46. The number of aliphatic hydroxyl groups is 1. The van der Waals surface area contributed by atoms with E-state index in [2.05, 4.69) is 11.9 Å². The molecule has 1 amide bonds. The van der Waals surface area contributed by atoms with E-state index in [1.807, 2.05) is 60.8 Å². The second-order valence-electron chi connectivity index (χ2n) is 9.39. The molecule has 1 saturated heterocycles. The number of hydrogen-bond acceptors (Lipinski definition) is 6. The van der Waals surface area contributed by atoms with Gasteiger partial charge in [0.05, 0.1) is 23.9 Å². The van der Waals surface area contributed by atoms with Gasteiger partial charge in [0, 0.05) is 26.5 Å². The summed E-state index contributed by atoms with van der Waals surface area (Å²) in [6.07, 6.45) is 5.63. The number of imidazole rings is 1. The maximum absolute atomic E-state index is 13.3. The van der Waals surface area contributed by atoms with Gasteiger partial charge in [0.15, 0.2) is 5.76 Å². The molecule has 0 saturated carbocycles. The molecule has 1 fully saturated rings. The number of Topliss-reactive ketones (excluding diaryl/α,β-unsaturated/α-hetero) is 1. The highest BCUT2D eigenvalue weighted by atomic mass is 16.5. The summed E-state index contributed by atoms with van der Waals surface area (Å²) >= 11 is 0. The maximum Gasteiger partial charge on any atom is 0.295 e. The first-order chi connectivity index (χ1) is 17.9. The van der Waals surface area contributed by atoms with E-state index in [1.54, 1.807) is 7.11 Å². The van der Waals surface area contributed by atoms with E-state index in [4.69, 9.17) is 9.47 Å². The lowest BCUT2D eigenvalue weighted by Crippen LogP contribution is -2.31. The number of methoxy groups -OCH3 is 1. The van der Waals surface area contributed by atoms with Gasteiger partial charge in [0.2, 0.25) is 0 Å². The van der Waals surface area contributed by atoms with Gasteiger partial charge in [0.25, 0.3) is 11.7 Å². The molecular formula is C29H35N3O5. The number of pyridine rings is 1. The largest absolute Gasteiger partial charge is 0.505 e. The van der Waals surface area contributed by atoms with Crippen molar-refractivity contribution in [2.45, 2.75) is 52.5 Å². The number of benzene rings is 1. The average Bonchev–Trinajstić information content (AvgIpc) is 3.37. The van der Waals surface area contributed by atoms with Crippen LogP contribution >= 0.6 is 0 Å². The van der Waals surface area contributed by atoms with Gasteiger partial charge in [-0.05, 0) is 56.0 Å². The van der Waals surface area contributed by atoms with Gasteiger partial charge in [-0.3, -0.25) is 9.59 Å². The van der Waals surface area contributed by atoms with Crippen molar-refractivity contribution in [1.82, 2.24) is 14.3 Å². The minimum absolute atomic E-state index is 0.0446. The van der Waals surface area contributed by atoms with Crippen LogP contribution in [0.15, 0.2) is 48.2 Å². The van der Waals surface area contributed by atoms with Gasteiger partial charge >= 0.3 is 0 Å². The number of amides is 1. The number of likely N-dealkylation sites (tertiary alicyclic amines) is 1. The van der Waals surface area contributed by atoms with E-state index < -0.39 is 17.7 Å². The lowest BCUT2D eigenvalue weighted by molar-refractivity contribution is -0.140. The van der Waals surface area contributed by atoms with Crippen molar-refractivity contribution in [2.75, 3.05) is 26.9 Å². The number of carbonyl (C=O) groups is 2. The summed E-state index contributed by atoms with van der Waals surface area (Å²) in [7, 11) is 1.60. The molecule has 0 spiro atoms. The number of nitrogens with zero attached hydrogens (tertiary/aromatic N) is 3. The van der Waals surface area contributed by atoms with Gasteiger partial charge < -0.3 is 23.9 Å². The summed E-state index contributed by atoms with van der Waals surface area (Å²) < 4.78 is 12.9. The van der Waals surface area contributed by atoms with Crippen LogP contribution in [0.3, 0.4) is 0 Å². The molecule has 1 atom stereocenters. The van der Waals surface area contributed by atoms with Crippen LogP contribution in [0.1, 0.15) is 61.2 Å². The molecule has 3 heterocycles. The van der Waals surface area contributed by atoms with E-state index in [-0.39, 0.29) is 11.3 Å². The first-order valence-corrected chi connectivity index (χ1v) is 12.8. The molecular weight excluding hydrogens is 470 g/mol. The summed E-state index contributed by atoms with van der Waals surface area (Å²) in [5.41, 5.74) is 3.38. The van der Waals surface area contributed by atoms with E-state index >= 15 is 0 Å². The molecule has 8 heteroatoms. The molecule has 1 N–H and O–H groups in total. The zero-order valence-corrected chi connectivity index (χ0v) is 22.0. The second-order valence-corrected chi connectivity index (χ2v) is 9.39. The molecule has 1 aliphatic heterocycles. The van der Waals surface area contributed by atoms with Gasteiger partial charge in [-0.2, -0.15) is 0 Å². The predicted octanol–water partition coefficient (Wildman–Crippen LogP) is 4.98. The van der Waals surface area contributed by atoms with Crippen molar-refractivity contribution in [1.29, 1.82) is 0 Å². The fourth-order valence-electron chi connectivity index (χ4n) is 4.80. The lowest BCUT2D eigenvalue weighted by atomic mass is 9.96. The molecule has 0 aliphatic carbocycles. The highest BCUT2D eigenvalue weighted by Gasteiger charge is 2.46. The third-order valence-electron chi connectivity index (χ3n) is 6.81. The third kappa shape index (κ3) is 5.25. The first kappa shape index (κ1) is 26.4. The number of rotatable bonds is 11. The number of carbonyl (C=O) groups excluding carboxylic acids is 2. The molecule has 3 aromatic rings. The molecule has 8 nitrogen and oxygen atoms in total. The Morgan fingerprint density at radius 2 is 1.81 bits per heavy atom. The summed E-state index contributed by atoms with van der Waals surface area (Å²) in [4.78, 5) is 32.6. The minimum Gasteiger partial charge on any atom is -0.505 e. The summed E-state index contributed by atoms with van der Waals surface area (Å²) in [5.74, 6) is -0.894. The summed E-state index contributed by atoms with van der Waals surface area (Å²) in [6.45, 7) is 7.32. The van der Waals surface area contributed by atoms with Gasteiger partial charge in [-0.25, -0.2) is 4.98 Å². The van der Waals surface area contributed by atoms with Crippen LogP contribution in [0.2, 0.25) is 0 Å². The predicted molar refractivity (Wildman–Crippen MR) is 142 cm³/mol. The number of fused-ring (bicyclic) bond motifs is 1. The number of aliphatic hydroxyl groups excluding tert-OH is 1. The number of ketones is 1. The van der Waals surface area contributed by atoms with Crippen molar-refractivity contribution in [3.8, 4) is 5.75 Å². The Kier molecular flexibility index (Phi) is 8.28. The van der Waals surface area contributed by atoms with Crippen molar-refractivity contribution < 1.29 is 24.2 Å². The monoisotopic (exact) mass is 505 g/mol. The molecule has 2 aromatic heterocycles. The average molecular weight is 506 g/mol. The Bertz CT molecular complexity index is 1310. The Labute approximate surface area is 217 Å². The van der Waals surface area contributed by atoms with Crippen LogP contribution in [-0.4, -0.2) is 57.9 Å².